The monoisotopic (exact) mass is 362 g/mol. The zero-order valence-electron chi connectivity index (χ0n) is 15.7. The number of nitrogens with zero attached hydrogens (tertiary/aromatic N) is 3. The smallest absolute Gasteiger partial charge is 0.227 e. The summed E-state index contributed by atoms with van der Waals surface area (Å²) in [5, 5.41) is 2.97. The van der Waals surface area contributed by atoms with Crippen molar-refractivity contribution >= 4 is 11.6 Å². The Kier molecular flexibility index (Phi) is 4.86. The van der Waals surface area contributed by atoms with Gasteiger partial charge in [0, 0.05) is 37.8 Å². The standard InChI is InChI=1S/C22H23FN4/c1-15-7-8-17(11-16(15)2)13-27-10-9-20-18(14-27)12-24-22(25-20)26-21-6-4-3-5-19(21)23/h3-8,11-12H,9-10,13-14H2,1-2H3,(H,24,25,26). The summed E-state index contributed by atoms with van der Waals surface area (Å²) in [6, 6.07) is 13.2. The SMILES string of the molecule is Cc1ccc(CN2CCc3nc(Nc4ccccc4F)ncc3C2)cc1C. The van der Waals surface area contributed by atoms with E-state index in [1.807, 2.05) is 6.20 Å². The fourth-order valence-corrected chi connectivity index (χ4v) is 3.41. The lowest BCUT2D eigenvalue weighted by Crippen LogP contribution is -2.31. The molecule has 0 unspecified atom stereocenters. The summed E-state index contributed by atoms with van der Waals surface area (Å²) in [4.78, 5) is 11.4. The molecule has 2 aromatic carbocycles. The summed E-state index contributed by atoms with van der Waals surface area (Å²) in [5.74, 6) is 0.139. The van der Waals surface area contributed by atoms with E-state index in [0.29, 0.717) is 11.6 Å². The Morgan fingerprint density at radius 3 is 2.78 bits per heavy atom. The molecule has 0 fully saturated rings. The van der Waals surface area contributed by atoms with Crippen molar-refractivity contribution < 1.29 is 4.39 Å². The molecule has 5 heteroatoms. The van der Waals surface area contributed by atoms with Crippen LogP contribution in [0.15, 0.2) is 48.7 Å². The normalized spacial score (nSPS) is 14.0. The van der Waals surface area contributed by atoms with Crippen LogP contribution in [0, 0.1) is 19.7 Å². The molecule has 0 radical (unpaired) electrons. The molecule has 0 bridgehead atoms. The molecule has 0 saturated carbocycles. The molecule has 0 aliphatic carbocycles. The van der Waals surface area contributed by atoms with Gasteiger partial charge in [0.15, 0.2) is 0 Å². The average Bonchev–Trinajstić information content (AvgIpc) is 2.67. The Morgan fingerprint density at radius 2 is 1.96 bits per heavy atom. The maximum Gasteiger partial charge on any atom is 0.227 e. The van der Waals surface area contributed by atoms with Gasteiger partial charge in [-0.1, -0.05) is 30.3 Å². The van der Waals surface area contributed by atoms with Gasteiger partial charge in [0.25, 0.3) is 0 Å². The summed E-state index contributed by atoms with van der Waals surface area (Å²) >= 11 is 0. The lowest BCUT2D eigenvalue weighted by molar-refractivity contribution is 0.243. The molecule has 4 rings (SSSR count). The highest BCUT2D eigenvalue weighted by molar-refractivity contribution is 5.54. The highest BCUT2D eigenvalue weighted by Crippen LogP contribution is 2.22. The van der Waals surface area contributed by atoms with Gasteiger partial charge in [-0.3, -0.25) is 4.90 Å². The van der Waals surface area contributed by atoms with E-state index >= 15 is 0 Å². The van der Waals surface area contributed by atoms with Crippen LogP contribution in [0.1, 0.15) is 27.9 Å². The van der Waals surface area contributed by atoms with Gasteiger partial charge in [0.1, 0.15) is 5.82 Å². The summed E-state index contributed by atoms with van der Waals surface area (Å²) in [6.07, 6.45) is 2.73. The second kappa shape index (κ2) is 7.45. The van der Waals surface area contributed by atoms with Crippen molar-refractivity contribution in [3.05, 3.63) is 82.4 Å². The number of fused-ring (bicyclic) bond motifs is 1. The molecule has 1 aromatic heterocycles. The number of nitrogens with one attached hydrogen (secondary N) is 1. The first-order valence-electron chi connectivity index (χ1n) is 9.23. The third kappa shape index (κ3) is 3.98. The first-order chi connectivity index (χ1) is 13.1. The summed E-state index contributed by atoms with van der Waals surface area (Å²) in [5.41, 5.74) is 6.57. The van der Waals surface area contributed by atoms with Crippen LogP contribution in [0.4, 0.5) is 16.0 Å². The molecule has 138 valence electrons. The van der Waals surface area contributed by atoms with E-state index in [0.717, 1.165) is 37.3 Å². The van der Waals surface area contributed by atoms with Gasteiger partial charge in [-0.2, -0.15) is 0 Å². The Bertz CT molecular complexity index is 970. The number of aromatic nitrogens is 2. The third-order valence-electron chi connectivity index (χ3n) is 5.11. The number of halogens is 1. The molecule has 0 spiro atoms. The molecule has 27 heavy (non-hydrogen) atoms. The minimum atomic E-state index is -0.307. The molecular formula is C22H23FN4. The van der Waals surface area contributed by atoms with Crippen molar-refractivity contribution in [1.29, 1.82) is 0 Å². The van der Waals surface area contributed by atoms with Crippen molar-refractivity contribution in [1.82, 2.24) is 14.9 Å². The van der Waals surface area contributed by atoms with Crippen LogP contribution in [-0.2, 0) is 19.5 Å². The Hall–Kier alpha value is -2.79. The lowest BCUT2D eigenvalue weighted by Gasteiger charge is -2.28. The van der Waals surface area contributed by atoms with Crippen LogP contribution < -0.4 is 5.32 Å². The largest absolute Gasteiger partial charge is 0.322 e. The molecule has 0 atom stereocenters. The van der Waals surface area contributed by atoms with Gasteiger partial charge in [0.05, 0.1) is 11.4 Å². The average molecular weight is 362 g/mol. The Morgan fingerprint density at radius 1 is 1.11 bits per heavy atom. The van der Waals surface area contributed by atoms with Crippen molar-refractivity contribution in [3.8, 4) is 0 Å². The van der Waals surface area contributed by atoms with Crippen molar-refractivity contribution in [2.24, 2.45) is 0 Å². The van der Waals surface area contributed by atoms with E-state index in [9.17, 15) is 4.39 Å². The van der Waals surface area contributed by atoms with Gasteiger partial charge in [0.2, 0.25) is 5.95 Å². The lowest BCUT2D eigenvalue weighted by atomic mass is 10.0. The number of benzene rings is 2. The summed E-state index contributed by atoms with van der Waals surface area (Å²) in [7, 11) is 0. The molecule has 1 aliphatic heterocycles. The van der Waals surface area contributed by atoms with E-state index in [1.54, 1.807) is 18.2 Å². The number of hydrogen-bond donors (Lipinski definition) is 1. The van der Waals surface area contributed by atoms with Crippen molar-refractivity contribution in [2.75, 3.05) is 11.9 Å². The van der Waals surface area contributed by atoms with Crippen LogP contribution in [0.3, 0.4) is 0 Å². The van der Waals surface area contributed by atoms with Crippen LogP contribution in [0.5, 0.6) is 0 Å². The fourth-order valence-electron chi connectivity index (χ4n) is 3.41. The summed E-state index contributed by atoms with van der Waals surface area (Å²) in [6.45, 7) is 7.01. The molecule has 1 aliphatic rings. The van der Waals surface area contributed by atoms with Gasteiger partial charge in [-0.05, 0) is 42.7 Å². The number of aryl methyl sites for hydroxylation is 2. The first kappa shape index (κ1) is 17.6. The number of rotatable bonds is 4. The molecule has 0 saturated heterocycles. The highest BCUT2D eigenvalue weighted by atomic mass is 19.1. The summed E-state index contributed by atoms with van der Waals surface area (Å²) < 4.78 is 13.8. The van der Waals surface area contributed by atoms with Gasteiger partial charge < -0.3 is 5.32 Å². The second-order valence-corrected chi connectivity index (χ2v) is 7.15. The molecule has 3 aromatic rings. The quantitative estimate of drug-likeness (QED) is 0.740. The molecule has 4 nitrogen and oxygen atoms in total. The van der Waals surface area contributed by atoms with E-state index in [-0.39, 0.29) is 5.82 Å². The molecule has 2 heterocycles. The minimum Gasteiger partial charge on any atom is -0.322 e. The van der Waals surface area contributed by atoms with Crippen molar-refractivity contribution in [3.63, 3.8) is 0 Å². The Balaban J connectivity index is 1.46. The first-order valence-corrected chi connectivity index (χ1v) is 9.23. The Labute approximate surface area is 159 Å². The van der Waals surface area contributed by atoms with Crippen LogP contribution in [0.25, 0.3) is 0 Å². The van der Waals surface area contributed by atoms with E-state index in [4.69, 9.17) is 0 Å². The zero-order chi connectivity index (χ0) is 18.8. The predicted octanol–water partition coefficient (Wildman–Crippen LogP) is 4.53. The molecule has 0 amide bonds. The maximum atomic E-state index is 13.8. The maximum absolute atomic E-state index is 13.8. The zero-order valence-corrected chi connectivity index (χ0v) is 15.7. The minimum absolute atomic E-state index is 0.307. The van der Waals surface area contributed by atoms with E-state index in [1.165, 1.54) is 22.8 Å². The van der Waals surface area contributed by atoms with E-state index < -0.39 is 0 Å². The highest BCUT2D eigenvalue weighted by Gasteiger charge is 2.19. The van der Waals surface area contributed by atoms with Crippen LogP contribution in [0.2, 0.25) is 0 Å². The predicted molar refractivity (Wildman–Crippen MR) is 105 cm³/mol. The van der Waals surface area contributed by atoms with Gasteiger partial charge >= 0.3 is 0 Å². The number of para-hydroxylation sites is 1. The second-order valence-electron chi connectivity index (χ2n) is 7.15. The van der Waals surface area contributed by atoms with Crippen LogP contribution >= 0.6 is 0 Å². The van der Waals surface area contributed by atoms with Crippen molar-refractivity contribution in [2.45, 2.75) is 33.4 Å². The topological polar surface area (TPSA) is 41.1 Å². The molecular weight excluding hydrogens is 339 g/mol. The van der Waals surface area contributed by atoms with E-state index in [2.05, 4.69) is 52.2 Å². The van der Waals surface area contributed by atoms with Crippen LogP contribution in [-0.4, -0.2) is 21.4 Å². The number of hydrogen-bond acceptors (Lipinski definition) is 4. The fraction of sp³-hybridized carbons (Fsp3) is 0.273. The van der Waals surface area contributed by atoms with Gasteiger partial charge in [-0.25, -0.2) is 14.4 Å². The third-order valence-corrected chi connectivity index (χ3v) is 5.11. The number of anilines is 2. The molecule has 1 N–H and O–H groups in total. The van der Waals surface area contributed by atoms with Gasteiger partial charge in [-0.15, -0.1) is 0 Å².